The second-order valence-electron chi connectivity index (χ2n) is 4.75. The van der Waals surface area contributed by atoms with E-state index >= 15 is 0 Å². The molecule has 1 aliphatic carbocycles. The summed E-state index contributed by atoms with van der Waals surface area (Å²) in [6.07, 6.45) is 10.1. The van der Waals surface area contributed by atoms with E-state index in [0.717, 1.165) is 12.3 Å². The molecule has 1 aliphatic rings. The van der Waals surface area contributed by atoms with Crippen molar-refractivity contribution < 1.29 is 1.43 Å². The fourth-order valence-electron chi connectivity index (χ4n) is 2.31. The monoisotopic (exact) mass is 280 g/mol. The molecule has 0 amide bonds. The lowest BCUT2D eigenvalue weighted by atomic mass is 9.88. The van der Waals surface area contributed by atoms with Crippen LogP contribution in [-0.4, -0.2) is 0 Å². The molecule has 0 heteroatoms. The molecule has 0 bridgehead atoms. The molecule has 0 heterocycles. The van der Waals surface area contributed by atoms with E-state index in [1.807, 2.05) is 33.8 Å². The maximum absolute atomic E-state index is 2.32. The van der Waals surface area contributed by atoms with Gasteiger partial charge < -0.3 is 0 Å². The molecule has 0 radical (unpaired) electrons. The molecule has 2 rings (SSSR count). The highest BCUT2D eigenvalue weighted by Gasteiger charge is 2.09. The van der Waals surface area contributed by atoms with Gasteiger partial charge in [-0.05, 0) is 17.9 Å². The van der Waals surface area contributed by atoms with E-state index in [9.17, 15) is 0 Å². The predicted octanol–water partition coefficient (Wildman–Crippen LogP) is 7.52. The summed E-state index contributed by atoms with van der Waals surface area (Å²) in [4.78, 5) is 0. The van der Waals surface area contributed by atoms with Gasteiger partial charge in [-0.1, -0.05) is 110 Å². The third-order valence-corrected chi connectivity index (χ3v) is 3.55. The molecule has 1 fully saturated rings. The SMILES string of the molecule is CC.CC.CCC1CCCCC1.CCc1ccccc1.[HH]. The van der Waals surface area contributed by atoms with E-state index in [1.54, 1.807) is 0 Å². The Balaban J connectivity index is -0.000000240. The maximum Gasteiger partial charge on any atom is 0 e. The van der Waals surface area contributed by atoms with Crippen LogP contribution >= 0.6 is 0 Å². The van der Waals surface area contributed by atoms with Crippen molar-refractivity contribution in [3.8, 4) is 0 Å². The number of aryl methyl sites for hydroxylation is 1. The first-order valence-electron chi connectivity index (χ1n) is 8.90. The summed E-state index contributed by atoms with van der Waals surface area (Å²) in [5.74, 6) is 1.09. The Bertz CT molecular complexity index is 250. The molecule has 0 nitrogen and oxygen atoms in total. The molecule has 0 unspecified atom stereocenters. The van der Waals surface area contributed by atoms with Gasteiger partial charge in [0.1, 0.15) is 0 Å². The Labute approximate surface area is 130 Å². The van der Waals surface area contributed by atoms with Crippen molar-refractivity contribution in [1.29, 1.82) is 0 Å². The van der Waals surface area contributed by atoms with E-state index in [1.165, 1.54) is 44.1 Å². The summed E-state index contributed by atoms with van der Waals surface area (Å²) < 4.78 is 0. The molecule has 0 aliphatic heterocycles. The Hall–Kier alpha value is -0.780. The first-order valence-corrected chi connectivity index (χ1v) is 8.90. The summed E-state index contributed by atoms with van der Waals surface area (Å²) in [6.45, 7) is 12.5. The lowest BCUT2D eigenvalue weighted by Gasteiger charge is -2.18. The number of rotatable bonds is 2. The van der Waals surface area contributed by atoms with Gasteiger partial charge in [-0.3, -0.25) is 0 Å². The highest BCUT2D eigenvalue weighted by atomic mass is 14.2. The third-order valence-electron chi connectivity index (χ3n) is 3.55. The van der Waals surface area contributed by atoms with Gasteiger partial charge in [0.25, 0.3) is 0 Å². The van der Waals surface area contributed by atoms with Crippen LogP contribution in [0.2, 0.25) is 0 Å². The van der Waals surface area contributed by atoms with Crippen LogP contribution in [0.4, 0.5) is 0 Å². The van der Waals surface area contributed by atoms with E-state index in [0.29, 0.717) is 0 Å². The largest absolute Gasteiger partial charge is 0.0683 e. The molecule has 0 atom stereocenters. The molecular weight excluding hydrogens is 240 g/mol. The van der Waals surface area contributed by atoms with Crippen LogP contribution in [0.15, 0.2) is 30.3 Å². The van der Waals surface area contributed by atoms with Crippen molar-refractivity contribution in [1.82, 2.24) is 0 Å². The topological polar surface area (TPSA) is 0 Å². The molecule has 0 N–H and O–H groups in total. The average Bonchev–Trinajstić information content (AvgIpc) is 2.60. The highest BCUT2D eigenvalue weighted by Crippen LogP contribution is 2.25. The minimum absolute atomic E-state index is 0. The minimum atomic E-state index is 0. The smallest absolute Gasteiger partial charge is 0 e. The maximum atomic E-state index is 2.32. The molecule has 0 spiro atoms. The summed E-state index contributed by atoms with van der Waals surface area (Å²) in [5.41, 5.74) is 1.41. The lowest BCUT2D eigenvalue weighted by Crippen LogP contribution is -2.03. The highest BCUT2D eigenvalue weighted by molar-refractivity contribution is 5.13. The van der Waals surface area contributed by atoms with Crippen molar-refractivity contribution in [2.24, 2.45) is 5.92 Å². The van der Waals surface area contributed by atoms with E-state index in [2.05, 4.69) is 38.1 Å². The van der Waals surface area contributed by atoms with Crippen LogP contribution in [0.1, 0.15) is 87.1 Å². The van der Waals surface area contributed by atoms with Gasteiger partial charge in [-0.25, -0.2) is 0 Å². The van der Waals surface area contributed by atoms with Gasteiger partial charge in [0.15, 0.2) is 0 Å². The summed E-state index contributed by atoms with van der Waals surface area (Å²) >= 11 is 0. The fourth-order valence-corrected chi connectivity index (χ4v) is 2.31. The van der Waals surface area contributed by atoms with Crippen LogP contribution in [0, 0.1) is 5.92 Å². The number of hydrogen-bond acceptors (Lipinski definition) is 0. The summed E-state index contributed by atoms with van der Waals surface area (Å²) in [5, 5.41) is 0. The second-order valence-corrected chi connectivity index (χ2v) is 4.75. The lowest BCUT2D eigenvalue weighted by molar-refractivity contribution is 0.349. The Morgan fingerprint density at radius 2 is 1.35 bits per heavy atom. The Morgan fingerprint density at radius 1 is 0.850 bits per heavy atom. The molecular formula is C20H40. The zero-order valence-electron chi connectivity index (χ0n) is 14.9. The average molecular weight is 281 g/mol. The quantitative estimate of drug-likeness (QED) is 0.525. The zero-order chi connectivity index (χ0) is 15.6. The van der Waals surface area contributed by atoms with Crippen LogP contribution in [0.3, 0.4) is 0 Å². The first kappa shape index (κ1) is 21.5. The molecule has 0 aromatic heterocycles. The van der Waals surface area contributed by atoms with Crippen molar-refractivity contribution in [2.75, 3.05) is 0 Å². The fraction of sp³-hybridized carbons (Fsp3) is 0.700. The molecule has 20 heavy (non-hydrogen) atoms. The zero-order valence-corrected chi connectivity index (χ0v) is 14.9. The van der Waals surface area contributed by atoms with Gasteiger partial charge in [-0.15, -0.1) is 0 Å². The van der Waals surface area contributed by atoms with Crippen molar-refractivity contribution in [3.63, 3.8) is 0 Å². The van der Waals surface area contributed by atoms with E-state index in [-0.39, 0.29) is 1.43 Å². The van der Waals surface area contributed by atoms with Crippen LogP contribution in [-0.2, 0) is 6.42 Å². The van der Waals surface area contributed by atoms with Crippen molar-refractivity contribution >= 4 is 0 Å². The van der Waals surface area contributed by atoms with Crippen LogP contribution < -0.4 is 0 Å². The van der Waals surface area contributed by atoms with E-state index in [4.69, 9.17) is 0 Å². The van der Waals surface area contributed by atoms with Gasteiger partial charge in [0.05, 0.1) is 0 Å². The van der Waals surface area contributed by atoms with Gasteiger partial charge in [0, 0.05) is 1.43 Å². The van der Waals surface area contributed by atoms with Gasteiger partial charge in [-0.2, -0.15) is 0 Å². The standard InChI is InChI=1S/C8H16.C8H10.2C2H6.H2/c2*1-2-8-6-4-3-5-7-8;2*1-2;/h8H,2-7H2,1H3;3-7H,2H2,1H3;2*1-2H3;1H. The minimum Gasteiger partial charge on any atom is -0.0683 e. The Morgan fingerprint density at radius 3 is 1.65 bits per heavy atom. The molecule has 1 saturated carbocycles. The van der Waals surface area contributed by atoms with Crippen LogP contribution in [0.25, 0.3) is 0 Å². The van der Waals surface area contributed by atoms with Crippen molar-refractivity contribution in [3.05, 3.63) is 35.9 Å². The second kappa shape index (κ2) is 18.2. The number of benzene rings is 1. The summed E-state index contributed by atoms with van der Waals surface area (Å²) in [6, 6.07) is 10.5. The van der Waals surface area contributed by atoms with Crippen molar-refractivity contribution in [2.45, 2.75) is 86.5 Å². The van der Waals surface area contributed by atoms with Gasteiger partial charge in [0.2, 0.25) is 0 Å². The van der Waals surface area contributed by atoms with Crippen LogP contribution in [0.5, 0.6) is 0 Å². The Kier molecular flexibility index (Phi) is 19.6. The van der Waals surface area contributed by atoms with E-state index < -0.39 is 0 Å². The molecule has 0 saturated heterocycles. The summed E-state index contributed by atoms with van der Waals surface area (Å²) in [7, 11) is 0. The molecule has 1 aromatic carbocycles. The third kappa shape index (κ3) is 12.3. The van der Waals surface area contributed by atoms with Gasteiger partial charge >= 0.3 is 0 Å². The predicted molar refractivity (Wildman–Crippen MR) is 97.5 cm³/mol. The number of hydrogen-bond donors (Lipinski definition) is 0. The molecule has 1 aromatic rings. The molecule has 120 valence electrons. The normalized spacial score (nSPS) is 13.7. The first-order chi connectivity index (χ1) is 9.86.